The molecule has 1 unspecified atom stereocenters. The number of hydrogen-bond acceptors (Lipinski definition) is 5. The molecule has 1 heterocycles. The topological polar surface area (TPSA) is 74.2 Å². The number of allylic oxidation sites excluding steroid dienone is 1. The fourth-order valence-corrected chi connectivity index (χ4v) is 4.57. The maximum absolute atomic E-state index is 13.3. The summed E-state index contributed by atoms with van der Waals surface area (Å²) in [5, 5.41) is 2.97. The van der Waals surface area contributed by atoms with Crippen molar-refractivity contribution in [3.05, 3.63) is 59.4 Å². The summed E-state index contributed by atoms with van der Waals surface area (Å²) in [6.45, 7) is 13.3. The smallest absolute Gasteiger partial charge is 0.408 e. The second-order valence-electron chi connectivity index (χ2n) is 10.00. The number of aliphatic imine (C=N–C) groups is 1. The number of benzene rings is 1. The Labute approximate surface area is 203 Å². The first-order valence-electron chi connectivity index (χ1n) is 12.1. The van der Waals surface area contributed by atoms with Crippen molar-refractivity contribution in [2.75, 3.05) is 20.1 Å². The monoisotopic (exact) mass is 466 g/mol. The summed E-state index contributed by atoms with van der Waals surface area (Å²) in [5.41, 5.74) is 3.24. The highest BCUT2D eigenvalue weighted by molar-refractivity contribution is 5.94. The molecule has 0 saturated carbocycles. The Kier molecular flexibility index (Phi) is 8.18. The number of amides is 2. The summed E-state index contributed by atoms with van der Waals surface area (Å²) in [4.78, 5) is 33.8. The third-order valence-electron chi connectivity index (χ3n) is 6.40. The van der Waals surface area contributed by atoms with Gasteiger partial charge in [-0.3, -0.25) is 9.79 Å². The van der Waals surface area contributed by atoms with Crippen LogP contribution < -0.4 is 5.32 Å². The van der Waals surface area contributed by atoms with Crippen LogP contribution in [0, 0.1) is 0 Å². The fraction of sp³-hybridized carbons (Fsp3) is 0.519. The molecule has 1 atom stereocenters. The van der Waals surface area contributed by atoms with Gasteiger partial charge in [-0.2, -0.15) is 0 Å². The highest BCUT2D eigenvalue weighted by atomic mass is 16.6. The van der Waals surface area contributed by atoms with Crippen LogP contribution >= 0.6 is 0 Å². The van der Waals surface area contributed by atoms with Crippen molar-refractivity contribution in [1.29, 1.82) is 0 Å². The van der Waals surface area contributed by atoms with Gasteiger partial charge in [-0.1, -0.05) is 12.6 Å². The van der Waals surface area contributed by atoms with Gasteiger partial charge < -0.3 is 19.9 Å². The predicted molar refractivity (Wildman–Crippen MR) is 136 cm³/mol. The van der Waals surface area contributed by atoms with Crippen LogP contribution in [0.15, 0.2) is 47.7 Å². The van der Waals surface area contributed by atoms with Crippen LogP contribution in [0.4, 0.5) is 4.79 Å². The van der Waals surface area contributed by atoms with Gasteiger partial charge in [0.2, 0.25) is 0 Å². The Morgan fingerprint density at radius 1 is 1.24 bits per heavy atom. The second kappa shape index (κ2) is 10.9. The van der Waals surface area contributed by atoms with E-state index in [1.165, 1.54) is 5.56 Å². The van der Waals surface area contributed by atoms with Crippen LogP contribution in [0.25, 0.3) is 0 Å². The molecular weight excluding hydrogens is 428 g/mol. The van der Waals surface area contributed by atoms with Crippen molar-refractivity contribution in [3.63, 3.8) is 0 Å². The van der Waals surface area contributed by atoms with Crippen molar-refractivity contribution in [2.24, 2.45) is 4.99 Å². The molecule has 2 amide bonds. The second-order valence-corrected chi connectivity index (χ2v) is 10.00. The van der Waals surface area contributed by atoms with Gasteiger partial charge in [0.05, 0.1) is 6.04 Å². The molecule has 1 aromatic rings. The highest BCUT2D eigenvalue weighted by Crippen LogP contribution is 2.33. The SMILES string of the molecule is C=C(/C=C\N=CC)N1CCC(N(C)C(=O)c2ccc3c(c2)C(NC(=O)OC(C)(C)C)CC3)CC1. The van der Waals surface area contributed by atoms with E-state index < -0.39 is 11.7 Å². The Morgan fingerprint density at radius 3 is 2.59 bits per heavy atom. The van der Waals surface area contributed by atoms with Crippen molar-refractivity contribution >= 4 is 18.2 Å². The molecule has 3 rings (SSSR count). The Hall–Kier alpha value is -3.09. The Balaban J connectivity index is 1.61. The summed E-state index contributed by atoms with van der Waals surface area (Å²) < 4.78 is 5.42. The Morgan fingerprint density at radius 2 is 1.94 bits per heavy atom. The molecule has 2 aliphatic rings. The number of nitrogens with one attached hydrogen (secondary N) is 1. The van der Waals surface area contributed by atoms with Crippen molar-refractivity contribution in [2.45, 2.75) is 71.1 Å². The standard InChI is InChI=1S/C27H38N4O3/c1-7-28-15-12-19(2)31-16-13-22(14-17-31)30(6)25(32)21-9-8-20-10-11-24(23(20)18-21)29-26(33)34-27(3,4)5/h7-9,12,15,18,22,24H,2,10-11,13-14,16-17H2,1,3-6H3,(H,29,33)/b15-12-,28-7?. The minimum Gasteiger partial charge on any atom is -0.444 e. The number of carbonyl (C=O) groups is 2. The van der Waals surface area contributed by atoms with E-state index in [2.05, 4.69) is 21.8 Å². The normalized spacial score (nSPS) is 18.9. The van der Waals surface area contributed by atoms with Gasteiger partial charge >= 0.3 is 6.09 Å². The van der Waals surface area contributed by atoms with Crippen LogP contribution in [-0.2, 0) is 11.2 Å². The van der Waals surface area contributed by atoms with Crippen LogP contribution in [0.2, 0.25) is 0 Å². The first-order chi connectivity index (χ1) is 16.1. The van der Waals surface area contributed by atoms with E-state index in [9.17, 15) is 9.59 Å². The molecule has 1 saturated heterocycles. The highest BCUT2D eigenvalue weighted by Gasteiger charge is 2.30. The van der Waals surface area contributed by atoms with Gasteiger partial charge in [0, 0.05) is 49.9 Å². The maximum atomic E-state index is 13.3. The van der Waals surface area contributed by atoms with Crippen LogP contribution in [-0.4, -0.2) is 59.8 Å². The zero-order chi connectivity index (χ0) is 24.9. The molecule has 34 heavy (non-hydrogen) atoms. The molecule has 0 bridgehead atoms. The average molecular weight is 467 g/mol. The molecule has 7 heteroatoms. The first-order valence-corrected chi connectivity index (χ1v) is 12.1. The van der Waals surface area contributed by atoms with Crippen molar-refractivity contribution in [1.82, 2.24) is 15.1 Å². The average Bonchev–Trinajstić information content (AvgIpc) is 3.18. The molecule has 1 aliphatic carbocycles. The molecule has 184 valence electrons. The molecule has 0 spiro atoms. The summed E-state index contributed by atoms with van der Waals surface area (Å²) >= 11 is 0. The number of piperidine rings is 1. The molecule has 1 N–H and O–H groups in total. The van der Waals surface area contributed by atoms with Crippen LogP contribution in [0.3, 0.4) is 0 Å². The van der Waals surface area contributed by atoms with E-state index >= 15 is 0 Å². The lowest BCUT2D eigenvalue weighted by Crippen LogP contribution is -2.45. The van der Waals surface area contributed by atoms with Gasteiger partial charge in [-0.05, 0) is 82.7 Å². The molecule has 1 fully saturated rings. The third kappa shape index (κ3) is 6.49. The Bertz CT molecular complexity index is 969. The number of nitrogens with zero attached hydrogens (tertiary/aromatic N) is 3. The van der Waals surface area contributed by atoms with Crippen LogP contribution in [0.1, 0.15) is 74.5 Å². The summed E-state index contributed by atoms with van der Waals surface area (Å²) in [5.74, 6) is 0.0140. The lowest BCUT2D eigenvalue weighted by molar-refractivity contribution is 0.0503. The summed E-state index contributed by atoms with van der Waals surface area (Å²) in [6.07, 6.45) is 8.45. The summed E-state index contributed by atoms with van der Waals surface area (Å²) in [7, 11) is 1.89. The van der Waals surface area contributed by atoms with Gasteiger partial charge in [0.1, 0.15) is 5.60 Å². The number of fused-ring (bicyclic) bond motifs is 1. The first kappa shape index (κ1) is 25.5. The van der Waals surface area contributed by atoms with E-state index in [4.69, 9.17) is 4.74 Å². The zero-order valence-electron chi connectivity index (χ0n) is 21.1. The maximum Gasteiger partial charge on any atom is 0.408 e. The van der Waals surface area contributed by atoms with E-state index in [1.807, 2.05) is 63.9 Å². The van der Waals surface area contributed by atoms with Gasteiger partial charge in [-0.25, -0.2) is 4.79 Å². The minimum absolute atomic E-state index is 0.0140. The molecular formula is C27H38N4O3. The molecule has 1 aliphatic heterocycles. The number of aryl methyl sites for hydroxylation is 1. The molecule has 1 aromatic carbocycles. The lowest BCUT2D eigenvalue weighted by Gasteiger charge is -2.38. The minimum atomic E-state index is -0.548. The number of likely N-dealkylation sites (tertiary alicyclic amines) is 1. The largest absolute Gasteiger partial charge is 0.444 e. The number of ether oxygens (including phenoxy) is 1. The van der Waals surface area contributed by atoms with Crippen molar-refractivity contribution < 1.29 is 14.3 Å². The summed E-state index contributed by atoms with van der Waals surface area (Å²) in [6, 6.07) is 5.91. The van der Waals surface area contributed by atoms with Gasteiger partial charge in [0.25, 0.3) is 5.91 Å². The third-order valence-corrected chi connectivity index (χ3v) is 6.40. The van der Waals surface area contributed by atoms with E-state index in [-0.39, 0.29) is 18.0 Å². The van der Waals surface area contributed by atoms with Crippen molar-refractivity contribution in [3.8, 4) is 0 Å². The number of hydrogen-bond donors (Lipinski definition) is 1. The van der Waals surface area contributed by atoms with E-state index in [0.717, 1.165) is 50.0 Å². The van der Waals surface area contributed by atoms with E-state index in [1.54, 1.807) is 12.4 Å². The van der Waals surface area contributed by atoms with Gasteiger partial charge in [-0.15, -0.1) is 0 Å². The molecule has 0 aromatic heterocycles. The molecule has 0 radical (unpaired) electrons. The van der Waals surface area contributed by atoms with Crippen LogP contribution in [0.5, 0.6) is 0 Å². The number of carbonyl (C=O) groups excluding carboxylic acids is 2. The number of alkyl carbamates (subject to hydrolysis) is 1. The molecule has 7 nitrogen and oxygen atoms in total. The number of rotatable bonds is 6. The van der Waals surface area contributed by atoms with E-state index in [0.29, 0.717) is 5.56 Å². The zero-order valence-corrected chi connectivity index (χ0v) is 21.1. The quantitative estimate of drug-likeness (QED) is 0.480. The fourth-order valence-electron chi connectivity index (χ4n) is 4.57. The van der Waals surface area contributed by atoms with Gasteiger partial charge in [0.15, 0.2) is 0 Å². The predicted octanol–water partition coefficient (Wildman–Crippen LogP) is 4.85. The lowest BCUT2D eigenvalue weighted by atomic mass is 10.00.